The first-order valence-electron chi connectivity index (χ1n) is 7.92. The first-order valence-corrected chi connectivity index (χ1v) is 12.4. The van der Waals surface area contributed by atoms with E-state index in [9.17, 15) is 16.8 Å². The molecule has 0 fully saturated rings. The quantitative estimate of drug-likeness (QED) is 0.444. The van der Waals surface area contributed by atoms with Crippen molar-refractivity contribution in [1.82, 2.24) is 0 Å². The molecule has 0 unspecified atom stereocenters. The predicted octanol–water partition coefficient (Wildman–Crippen LogP) is 5.36. The molecule has 0 aliphatic rings. The summed E-state index contributed by atoms with van der Waals surface area (Å²) in [5.74, 6) is 0. The Balaban J connectivity index is 1.79. The van der Waals surface area contributed by atoms with Gasteiger partial charge in [-0.2, -0.15) is 0 Å². The molecular weight excluding hydrogens is 523 g/mol. The number of sulfonamides is 2. The Kier molecular flexibility index (Phi) is 6.45. The molecule has 3 rings (SSSR count). The van der Waals surface area contributed by atoms with E-state index in [1.54, 1.807) is 12.1 Å². The van der Waals surface area contributed by atoms with Gasteiger partial charge in [-0.3, -0.25) is 9.44 Å². The van der Waals surface area contributed by atoms with Gasteiger partial charge < -0.3 is 0 Å². The molecule has 3 aromatic carbocycles. The molecule has 0 aliphatic heterocycles. The highest BCUT2D eigenvalue weighted by molar-refractivity contribution is 9.10. The molecule has 3 aromatic rings. The van der Waals surface area contributed by atoms with Gasteiger partial charge in [0.05, 0.1) is 15.5 Å². The minimum atomic E-state index is -3.91. The molecule has 0 saturated carbocycles. The highest BCUT2D eigenvalue weighted by Gasteiger charge is 2.17. The molecule has 29 heavy (non-hydrogen) atoms. The van der Waals surface area contributed by atoms with Gasteiger partial charge in [-0.15, -0.1) is 0 Å². The molecule has 0 amide bonds. The van der Waals surface area contributed by atoms with E-state index in [0.717, 1.165) is 4.47 Å². The van der Waals surface area contributed by atoms with Gasteiger partial charge in [-0.05, 0) is 66.7 Å². The van der Waals surface area contributed by atoms with Gasteiger partial charge in [0.25, 0.3) is 20.0 Å². The number of nitrogens with one attached hydrogen (secondary N) is 2. The summed E-state index contributed by atoms with van der Waals surface area (Å²) in [6, 6.07) is 15.7. The molecular formula is C18H13BrCl2N2O4S2. The van der Waals surface area contributed by atoms with Crippen LogP contribution in [0.15, 0.2) is 81.0 Å². The number of halogens is 3. The Morgan fingerprint density at radius 3 is 1.52 bits per heavy atom. The maximum Gasteiger partial charge on any atom is 0.261 e. The smallest absolute Gasteiger partial charge is 0.261 e. The highest BCUT2D eigenvalue weighted by atomic mass is 79.9. The summed E-state index contributed by atoms with van der Waals surface area (Å²) in [5.41, 5.74) is 0.431. The average molecular weight is 536 g/mol. The third-order valence-electron chi connectivity index (χ3n) is 3.66. The maximum atomic E-state index is 12.5. The summed E-state index contributed by atoms with van der Waals surface area (Å²) in [4.78, 5) is 0.0251. The van der Waals surface area contributed by atoms with Crippen LogP contribution in [0, 0.1) is 0 Å². The molecule has 0 radical (unpaired) electrons. The third-order valence-corrected chi connectivity index (χ3v) is 7.42. The van der Waals surface area contributed by atoms with Crippen molar-refractivity contribution in [3.8, 4) is 0 Å². The van der Waals surface area contributed by atoms with Crippen molar-refractivity contribution in [3.63, 3.8) is 0 Å². The van der Waals surface area contributed by atoms with Gasteiger partial charge >= 0.3 is 0 Å². The van der Waals surface area contributed by atoms with Crippen molar-refractivity contribution < 1.29 is 16.8 Å². The van der Waals surface area contributed by atoms with Crippen LogP contribution in [0.5, 0.6) is 0 Å². The van der Waals surface area contributed by atoms with Crippen molar-refractivity contribution in [2.45, 2.75) is 9.79 Å². The fourth-order valence-corrected chi connectivity index (χ4v) is 5.25. The normalized spacial score (nSPS) is 11.8. The van der Waals surface area contributed by atoms with E-state index in [1.807, 2.05) is 0 Å². The predicted molar refractivity (Wildman–Crippen MR) is 119 cm³/mol. The maximum absolute atomic E-state index is 12.5. The van der Waals surface area contributed by atoms with Crippen LogP contribution in [0.1, 0.15) is 0 Å². The standard InChI is InChI=1S/C18H13BrCl2N2O4S2/c19-12-1-5-17(6-2-12)28(24,25)22-15-3-7-18(8-4-15)29(26,27)23-16-10-13(20)9-14(21)11-16/h1-11,22-23H. The molecule has 152 valence electrons. The SMILES string of the molecule is O=S(=O)(Nc1ccc(S(=O)(=O)Nc2cc(Cl)cc(Cl)c2)cc1)c1ccc(Br)cc1. The van der Waals surface area contributed by atoms with Crippen LogP contribution in [0.25, 0.3) is 0 Å². The molecule has 0 heterocycles. The lowest BCUT2D eigenvalue weighted by Gasteiger charge is -2.11. The summed E-state index contributed by atoms with van der Waals surface area (Å²) < 4.78 is 55.4. The van der Waals surface area contributed by atoms with Crippen molar-refractivity contribution in [1.29, 1.82) is 0 Å². The van der Waals surface area contributed by atoms with E-state index in [1.165, 1.54) is 54.6 Å². The van der Waals surface area contributed by atoms with E-state index in [-0.39, 0.29) is 31.2 Å². The summed E-state index contributed by atoms with van der Waals surface area (Å²) in [6.07, 6.45) is 0. The van der Waals surface area contributed by atoms with Gasteiger partial charge in [0.2, 0.25) is 0 Å². The molecule has 11 heteroatoms. The van der Waals surface area contributed by atoms with Crippen LogP contribution < -0.4 is 9.44 Å². The first kappa shape index (κ1) is 21.9. The molecule has 0 aromatic heterocycles. The van der Waals surface area contributed by atoms with E-state index in [0.29, 0.717) is 0 Å². The Morgan fingerprint density at radius 1 is 0.621 bits per heavy atom. The van der Waals surface area contributed by atoms with Gasteiger partial charge in [0, 0.05) is 20.2 Å². The first-order chi connectivity index (χ1) is 13.5. The zero-order valence-corrected chi connectivity index (χ0v) is 19.2. The second-order valence-corrected chi connectivity index (χ2v) is 11.0. The molecule has 0 aliphatic carbocycles. The number of anilines is 2. The Bertz CT molecular complexity index is 1230. The summed E-state index contributed by atoms with van der Waals surface area (Å²) in [5, 5.41) is 0.570. The van der Waals surface area contributed by atoms with Gasteiger partial charge in [0.15, 0.2) is 0 Å². The molecule has 0 atom stereocenters. The lowest BCUT2D eigenvalue weighted by atomic mass is 10.3. The Morgan fingerprint density at radius 2 is 1.03 bits per heavy atom. The lowest BCUT2D eigenvalue weighted by Crippen LogP contribution is -2.14. The van der Waals surface area contributed by atoms with Gasteiger partial charge in [0.1, 0.15) is 0 Å². The number of benzene rings is 3. The number of hydrogen-bond donors (Lipinski definition) is 2. The fraction of sp³-hybridized carbons (Fsp3) is 0. The van der Waals surface area contributed by atoms with Crippen LogP contribution in [0.3, 0.4) is 0 Å². The summed E-state index contributed by atoms with van der Waals surface area (Å²) in [6.45, 7) is 0. The second-order valence-electron chi connectivity index (χ2n) is 5.85. The van der Waals surface area contributed by atoms with Crippen LogP contribution in [-0.4, -0.2) is 16.8 Å². The van der Waals surface area contributed by atoms with E-state index in [2.05, 4.69) is 25.4 Å². The minimum absolute atomic E-state index is 0.0554. The van der Waals surface area contributed by atoms with Crippen molar-refractivity contribution >= 4 is 70.6 Å². The van der Waals surface area contributed by atoms with Crippen molar-refractivity contribution in [2.24, 2.45) is 0 Å². The number of rotatable bonds is 6. The second kappa shape index (κ2) is 8.53. The molecule has 2 N–H and O–H groups in total. The lowest BCUT2D eigenvalue weighted by molar-refractivity contribution is 0.600. The monoisotopic (exact) mass is 534 g/mol. The summed E-state index contributed by atoms with van der Waals surface area (Å²) in [7, 11) is -7.72. The molecule has 0 spiro atoms. The molecule has 6 nitrogen and oxygen atoms in total. The van der Waals surface area contributed by atoms with Crippen molar-refractivity contribution in [3.05, 3.63) is 81.2 Å². The molecule has 0 saturated heterocycles. The highest BCUT2D eigenvalue weighted by Crippen LogP contribution is 2.25. The van der Waals surface area contributed by atoms with E-state index < -0.39 is 20.0 Å². The Labute approximate surface area is 187 Å². The summed E-state index contributed by atoms with van der Waals surface area (Å²) >= 11 is 15.0. The minimum Gasteiger partial charge on any atom is -0.280 e. The topological polar surface area (TPSA) is 92.3 Å². The van der Waals surface area contributed by atoms with Crippen LogP contribution >= 0.6 is 39.1 Å². The fourth-order valence-electron chi connectivity index (χ4n) is 2.36. The van der Waals surface area contributed by atoms with Crippen LogP contribution in [0.4, 0.5) is 11.4 Å². The van der Waals surface area contributed by atoms with Gasteiger partial charge in [-0.1, -0.05) is 39.1 Å². The number of hydrogen-bond acceptors (Lipinski definition) is 4. The van der Waals surface area contributed by atoms with Gasteiger partial charge in [-0.25, -0.2) is 16.8 Å². The van der Waals surface area contributed by atoms with Crippen molar-refractivity contribution in [2.75, 3.05) is 9.44 Å². The Hall–Kier alpha value is -1.78. The van der Waals surface area contributed by atoms with E-state index in [4.69, 9.17) is 23.2 Å². The third kappa shape index (κ3) is 5.64. The zero-order chi connectivity index (χ0) is 21.2. The molecule has 0 bridgehead atoms. The van der Waals surface area contributed by atoms with Crippen LogP contribution in [0.2, 0.25) is 10.0 Å². The zero-order valence-electron chi connectivity index (χ0n) is 14.4. The van der Waals surface area contributed by atoms with Crippen LogP contribution in [-0.2, 0) is 20.0 Å². The average Bonchev–Trinajstić information content (AvgIpc) is 2.61. The van der Waals surface area contributed by atoms with E-state index >= 15 is 0 Å². The largest absolute Gasteiger partial charge is 0.280 e.